The van der Waals surface area contributed by atoms with Crippen molar-refractivity contribution in [2.75, 3.05) is 26.2 Å². The molecule has 1 amide bonds. The molecule has 2 atom stereocenters. The first kappa shape index (κ1) is 9.97. The maximum Gasteiger partial charge on any atom is 0.241 e. The van der Waals surface area contributed by atoms with Gasteiger partial charge in [0.25, 0.3) is 0 Å². The minimum atomic E-state index is 0.232. The van der Waals surface area contributed by atoms with Gasteiger partial charge >= 0.3 is 0 Å². The number of hydrogen-bond acceptors (Lipinski definition) is 2. The van der Waals surface area contributed by atoms with Crippen molar-refractivity contribution >= 4 is 5.91 Å². The second-order valence-electron chi connectivity index (χ2n) is 4.90. The summed E-state index contributed by atoms with van der Waals surface area (Å²) in [5.74, 6) is 1.05. The summed E-state index contributed by atoms with van der Waals surface area (Å²) in [6.07, 6.45) is 2.39. The quantitative estimate of drug-likeness (QED) is 0.627. The molecule has 80 valence electrons. The summed E-state index contributed by atoms with van der Waals surface area (Å²) in [5.41, 5.74) is 0. The van der Waals surface area contributed by atoms with Crippen molar-refractivity contribution in [3.05, 3.63) is 0 Å². The minimum absolute atomic E-state index is 0.232. The normalized spacial score (nSPS) is 31.2. The molecule has 0 spiro atoms. The predicted octanol–water partition coefficient (Wildman–Crippen LogP) is 0.949. The number of likely N-dealkylation sites (tertiary alicyclic amines) is 1. The zero-order chi connectivity index (χ0) is 10.1. The van der Waals surface area contributed by atoms with Crippen LogP contribution >= 0.6 is 0 Å². The van der Waals surface area contributed by atoms with Crippen LogP contribution in [0.3, 0.4) is 0 Å². The van der Waals surface area contributed by atoms with Gasteiger partial charge in [-0.15, -0.1) is 0 Å². The van der Waals surface area contributed by atoms with Gasteiger partial charge in [0.2, 0.25) is 5.91 Å². The van der Waals surface area contributed by atoms with E-state index in [9.17, 15) is 4.79 Å². The van der Waals surface area contributed by atoms with Gasteiger partial charge in [-0.25, -0.2) is 0 Å². The Morgan fingerprint density at radius 2 is 2.00 bits per heavy atom. The van der Waals surface area contributed by atoms with Crippen LogP contribution in [-0.2, 0) is 4.79 Å². The molecule has 3 heteroatoms. The third kappa shape index (κ3) is 2.08. The summed E-state index contributed by atoms with van der Waals surface area (Å²) in [6.45, 7) is 8.46. The summed E-state index contributed by atoms with van der Waals surface area (Å²) >= 11 is 0. The molecule has 0 saturated carbocycles. The van der Waals surface area contributed by atoms with Crippen LogP contribution in [0.5, 0.6) is 0 Å². The van der Waals surface area contributed by atoms with Gasteiger partial charge in [-0.1, -0.05) is 13.8 Å². The highest BCUT2D eigenvalue weighted by Gasteiger charge is 2.42. The number of carbonyl (C=O) groups excluding carboxylic acids is 1. The van der Waals surface area contributed by atoms with Crippen molar-refractivity contribution in [1.29, 1.82) is 0 Å². The lowest BCUT2D eigenvalue weighted by Gasteiger charge is -2.15. The van der Waals surface area contributed by atoms with E-state index in [0.717, 1.165) is 26.2 Å². The van der Waals surface area contributed by atoms with Crippen molar-refractivity contribution in [3.63, 3.8) is 0 Å². The maximum atomic E-state index is 11.9. The van der Waals surface area contributed by atoms with Crippen molar-refractivity contribution in [3.8, 4) is 0 Å². The molecule has 3 nitrogen and oxygen atoms in total. The van der Waals surface area contributed by atoms with Crippen LogP contribution in [0.4, 0.5) is 0 Å². The molecule has 2 heterocycles. The van der Waals surface area contributed by atoms with Crippen LogP contribution in [-0.4, -0.2) is 47.9 Å². The average Bonchev–Trinajstić information content (AvgIpc) is 2.67. The smallest absolute Gasteiger partial charge is 0.241 e. The van der Waals surface area contributed by atoms with Gasteiger partial charge < -0.3 is 4.90 Å². The van der Waals surface area contributed by atoms with Gasteiger partial charge in [0.15, 0.2) is 0 Å². The van der Waals surface area contributed by atoms with E-state index in [0.29, 0.717) is 11.8 Å². The molecule has 0 radical (unpaired) electrons. The molecule has 2 fully saturated rings. The zero-order valence-corrected chi connectivity index (χ0v) is 9.20. The second-order valence-corrected chi connectivity index (χ2v) is 4.90. The molecule has 2 rings (SSSR count). The molecule has 0 aliphatic carbocycles. The van der Waals surface area contributed by atoms with E-state index in [-0.39, 0.29) is 6.04 Å². The van der Waals surface area contributed by atoms with Crippen LogP contribution in [0.1, 0.15) is 26.7 Å². The van der Waals surface area contributed by atoms with Crippen molar-refractivity contribution in [2.24, 2.45) is 5.92 Å². The Bertz CT molecular complexity index is 221. The summed E-state index contributed by atoms with van der Waals surface area (Å²) < 4.78 is 0. The summed E-state index contributed by atoms with van der Waals surface area (Å²) in [6, 6.07) is 0.232. The van der Waals surface area contributed by atoms with Gasteiger partial charge in [0.1, 0.15) is 6.04 Å². The number of hydrogen-bond donors (Lipinski definition) is 0. The first-order valence-corrected chi connectivity index (χ1v) is 5.71. The van der Waals surface area contributed by atoms with Crippen LogP contribution in [0, 0.1) is 5.92 Å². The molecule has 14 heavy (non-hydrogen) atoms. The van der Waals surface area contributed by atoms with Crippen LogP contribution in [0.25, 0.3) is 0 Å². The van der Waals surface area contributed by atoms with Crippen LogP contribution in [0.2, 0.25) is 0 Å². The van der Waals surface area contributed by atoms with Gasteiger partial charge in [-0.3, -0.25) is 9.69 Å². The van der Waals surface area contributed by atoms with Gasteiger partial charge in [-0.2, -0.15) is 0 Å². The van der Waals surface area contributed by atoms with E-state index >= 15 is 0 Å². The molecule has 0 bridgehead atoms. The number of nitrogens with zero attached hydrogens (tertiary/aromatic N) is 2. The molecular formula is C11H20N2O. The summed E-state index contributed by atoms with van der Waals surface area (Å²) in [5, 5.41) is 0. The molecular weight excluding hydrogens is 176 g/mol. The highest BCUT2D eigenvalue weighted by molar-refractivity contribution is 5.85. The number of carbonyl (C=O) groups is 1. The Morgan fingerprint density at radius 1 is 1.36 bits per heavy atom. The van der Waals surface area contributed by atoms with E-state index in [1.165, 1.54) is 12.8 Å². The topological polar surface area (TPSA) is 23.3 Å². The Labute approximate surface area is 86.1 Å². The fourth-order valence-corrected chi connectivity index (χ4v) is 2.23. The zero-order valence-electron chi connectivity index (χ0n) is 9.20. The Balaban J connectivity index is 1.78. The summed E-state index contributed by atoms with van der Waals surface area (Å²) in [4.78, 5) is 16.2. The highest BCUT2D eigenvalue weighted by Crippen LogP contribution is 2.23. The number of amides is 1. The average molecular weight is 196 g/mol. The van der Waals surface area contributed by atoms with Gasteiger partial charge in [0, 0.05) is 26.2 Å². The molecule has 0 aromatic heterocycles. The summed E-state index contributed by atoms with van der Waals surface area (Å²) in [7, 11) is 0. The van der Waals surface area contributed by atoms with Gasteiger partial charge in [-0.05, 0) is 18.8 Å². The first-order chi connectivity index (χ1) is 6.68. The fraction of sp³-hybridized carbons (Fsp3) is 0.909. The lowest BCUT2D eigenvalue weighted by molar-refractivity contribution is -0.130. The van der Waals surface area contributed by atoms with E-state index < -0.39 is 0 Å². The van der Waals surface area contributed by atoms with E-state index in [2.05, 4.69) is 18.7 Å². The predicted molar refractivity (Wildman–Crippen MR) is 56.0 cm³/mol. The van der Waals surface area contributed by atoms with Crippen molar-refractivity contribution in [2.45, 2.75) is 32.7 Å². The maximum absolute atomic E-state index is 11.9. The minimum Gasteiger partial charge on any atom is -0.341 e. The molecule has 0 aromatic rings. The van der Waals surface area contributed by atoms with Crippen LogP contribution < -0.4 is 0 Å². The lowest BCUT2D eigenvalue weighted by atomic mass is 10.2. The SMILES string of the molecule is CC(C)CN1C[C@@H]1C(=O)N1CCCC1. The van der Waals surface area contributed by atoms with E-state index in [1.54, 1.807) is 0 Å². The van der Waals surface area contributed by atoms with Crippen molar-refractivity contribution in [1.82, 2.24) is 9.80 Å². The third-order valence-corrected chi connectivity index (χ3v) is 3.02. The molecule has 2 aliphatic rings. The molecule has 1 unspecified atom stereocenters. The first-order valence-electron chi connectivity index (χ1n) is 5.71. The Kier molecular flexibility index (Phi) is 2.77. The lowest BCUT2D eigenvalue weighted by Crippen LogP contribution is -2.33. The van der Waals surface area contributed by atoms with E-state index in [4.69, 9.17) is 0 Å². The molecule has 0 N–H and O–H groups in total. The standard InChI is InChI=1S/C11H20N2O/c1-9(2)7-13-8-10(13)11(14)12-5-3-4-6-12/h9-10H,3-8H2,1-2H3/t10-,13?/m1/s1. The second kappa shape index (κ2) is 3.89. The fourth-order valence-electron chi connectivity index (χ4n) is 2.23. The van der Waals surface area contributed by atoms with Crippen molar-refractivity contribution < 1.29 is 4.79 Å². The highest BCUT2D eigenvalue weighted by atomic mass is 16.2. The van der Waals surface area contributed by atoms with Gasteiger partial charge in [0.05, 0.1) is 0 Å². The molecule has 2 saturated heterocycles. The largest absolute Gasteiger partial charge is 0.341 e. The third-order valence-electron chi connectivity index (χ3n) is 3.02. The molecule has 0 aromatic carbocycles. The Hall–Kier alpha value is -0.570. The van der Waals surface area contributed by atoms with E-state index in [1.807, 2.05) is 4.90 Å². The number of rotatable bonds is 3. The Morgan fingerprint density at radius 3 is 2.57 bits per heavy atom. The molecule has 2 aliphatic heterocycles. The van der Waals surface area contributed by atoms with Crippen LogP contribution in [0.15, 0.2) is 0 Å². The monoisotopic (exact) mass is 196 g/mol.